The third kappa shape index (κ3) is 4.70. The van der Waals surface area contributed by atoms with Crippen molar-refractivity contribution in [1.29, 1.82) is 0 Å². The predicted octanol–water partition coefficient (Wildman–Crippen LogP) is 3.40. The molecule has 0 aromatic heterocycles. The average molecular weight is 330 g/mol. The van der Waals surface area contributed by atoms with Crippen LogP contribution in [0.4, 0.5) is 11.4 Å². The summed E-state index contributed by atoms with van der Waals surface area (Å²) in [4.78, 5) is 22.4. The molecule has 1 N–H and O–H groups in total. The first-order valence-corrected chi connectivity index (χ1v) is 7.39. The van der Waals surface area contributed by atoms with E-state index in [4.69, 9.17) is 9.47 Å². The summed E-state index contributed by atoms with van der Waals surface area (Å²) in [5.74, 6) is 0.156. The monoisotopic (exact) mass is 330 g/mol. The number of nitro groups is 1. The fourth-order valence-corrected chi connectivity index (χ4v) is 1.99. The first-order valence-electron chi connectivity index (χ1n) is 7.39. The van der Waals surface area contributed by atoms with Crippen molar-refractivity contribution in [2.45, 2.75) is 20.0 Å². The quantitative estimate of drug-likeness (QED) is 0.620. The van der Waals surface area contributed by atoms with Crippen molar-refractivity contribution in [3.63, 3.8) is 0 Å². The number of amides is 1. The Bertz CT molecular complexity index is 730. The van der Waals surface area contributed by atoms with E-state index in [0.717, 1.165) is 0 Å². The van der Waals surface area contributed by atoms with E-state index >= 15 is 0 Å². The molecule has 0 radical (unpaired) electrons. The molecule has 2 aromatic carbocycles. The number of ether oxygens (including phenoxy) is 2. The smallest absolute Gasteiger partial charge is 0.310 e. The minimum Gasteiger partial charge on any atom is -0.489 e. The largest absolute Gasteiger partial charge is 0.489 e. The summed E-state index contributed by atoms with van der Waals surface area (Å²) in [6, 6.07) is 12.9. The number of hydrogen-bond acceptors (Lipinski definition) is 5. The van der Waals surface area contributed by atoms with Crippen LogP contribution in [0.25, 0.3) is 0 Å². The summed E-state index contributed by atoms with van der Waals surface area (Å²) in [6.45, 7) is 3.42. The molecule has 0 heterocycles. The molecule has 126 valence electrons. The average Bonchev–Trinajstić information content (AvgIpc) is 2.54. The summed E-state index contributed by atoms with van der Waals surface area (Å²) in [5.41, 5.74) is 0.330. The number of nitrogens with zero attached hydrogens (tertiary/aromatic N) is 1. The second-order valence-electron chi connectivity index (χ2n) is 5.22. The second-order valence-corrected chi connectivity index (χ2v) is 5.22. The van der Waals surface area contributed by atoms with Crippen LogP contribution in [-0.2, 0) is 4.79 Å². The van der Waals surface area contributed by atoms with Crippen molar-refractivity contribution in [1.82, 2.24) is 0 Å². The van der Waals surface area contributed by atoms with Crippen LogP contribution in [0.1, 0.15) is 13.8 Å². The van der Waals surface area contributed by atoms with Gasteiger partial charge in [0.1, 0.15) is 5.75 Å². The van der Waals surface area contributed by atoms with Crippen molar-refractivity contribution >= 4 is 17.3 Å². The van der Waals surface area contributed by atoms with Gasteiger partial charge in [0, 0.05) is 6.07 Å². The Morgan fingerprint density at radius 1 is 1.12 bits per heavy atom. The Balaban J connectivity index is 2.01. The lowest BCUT2D eigenvalue weighted by Gasteiger charge is -2.15. The topological polar surface area (TPSA) is 90.7 Å². The number of benzene rings is 2. The van der Waals surface area contributed by atoms with Gasteiger partial charge in [0.2, 0.25) is 0 Å². The third-order valence-corrected chi connectivity index (χ3v) is 2.94. The number of carbonyl (C=O) groups is 1. The molecule has 7 nitrogen and oxygen atoms in total. The Morgan fingerprint density at radius 3 is 2.42 bits per heavy atom. The SMILES string of the molecule is CC(C)Oc1ccccc1NC(=O)COc1ccccc1[N+](=O)[O-]. The summed E-state index contributed by atoms with van der Waals surface area (Å²) >= 11 is 0. The number of hydrogen-bond donors (Lipinski definition) is 1. The van der Waals surface area contributed by atoms with Gasteiger partial charge in [-0.2, -0.15) is 0 Å². The predicted molar refractivity (Wildman–Crippen MR) is 89.4 cm³/mol. The minimum absolute atomic E-state index is 0.0359. The number of rotatable bonds is 7. The molecular weight excluding hydrogens is 312 g/mol. The van der Waals surface area contributed by atoms with Gasteiger partial charge in [-0.05, 0) is 32.0 Å². The summed E-state index contributed by atoms with van der Waals surface area (Å²) in [6.07, 6.45) is -0.0359. The molecule has 0 saturated heterocycles. The highest BCUT2D eigenvalue weighted by Crippen LogP contribution is 2.27. The van der Waals surface area contributed by atoms with Gasteiger partial charge in [0.15, 0.2) is 12.4 Å². The van der Waals surface area contributed by atoms with Gasteiger partial charge < -0.3 is 14.8 Å². The molecule has 0 atom stereocenters. The van der Waals surface area contributed by atoms with Crippen molar-refractivity contribution in [3.05, 3.63) is 58.6 Å². The maximum absolute atomic E-state index is 12.0. The molecule has 0 fully saturated rings. The van der Waals surface area contributed by atoms with Crippen LogP contribution in [-0.4, -0.2) is 23.5 Å². The van der Waals surface area contributed by atoms with E-state index in [2.05, 4.69) is 5.32 Å². The lowest BCUT2D eigenvalue weighted by atomic mass is 10.3. The van der Waals surface area contributed by atoms with Gasteiger partial charge in [-0.15, -0.1) is 0 Å². The van der Waals surface area contributed by atoms with Crippen LogP contribution < -0.4 is 14.8 Å². The van der Waals surface area contributed by atoms with Gasteiger partial charge in [-0.1, -0.05) is 24.3 Å². The van der Waals surface area contributed by atoms with Crippen LogP contribution in [0, 0.1) is 10.1 Å². The van der Waals surface area contributed by atoms with E-state index in [1.807, 2.05) is 13.8 Å². The lowest BCUT2D eigenvalue weighted by Crippen LogP contribution is -2.21. The third-order valence-electron chi connectivity index (χ3n) is 2.94. The Morgan fingerprint density at radius 2 is 1.75 bits per heavy atom. The molecule has 0 saturated carbocycles. The van der Waals surface area contributed by atoms with E-state index in [9.17, 15) is 14.9 Å². The number of carbonyl (C=O) groups excluding carboxylic acids is 1. The van der Waals surface area contributed by atoms with Gasteiger partial charge >= 0.3 is 5.69 Å². The zero-order valence-corrected chi connectivity index (χ0v) is 13.4. The lowest BCUT2D eigenvalue weighted by molar-refractivity contribution is -0.385. The molecule has 0 aliphatic carbocycles. The molecule has 0 aliphatic heterocycles. The molecule has 0 unspecified atom stereocenters. The molecule has 0 spiro atoms. The molecule has 24 heavy (non-hydrogen) atoms. The van der Waals surface area contributed by atoms with Gasteiger partial charge in [-0.3, -0.25) is 14.9 Å². The first-order chi connectivity index (χ1) is 11.5. The summed E-state index contributed by atoms with van der Waals surface area (Å²) in [5, 5.41) is 13.6. The van der Waals surface area contributed by atoms with Gasteiger partial charge in [0.05, 0.1) is 16.7 Å². The van der Waals surface area contributed by atoms with Crippen LogP contribution in [0.15, 0.2) is 48.5 Å². The van der Waals surface area contributed by atoms with E-state index in [1.165, 1.54) is 18.2 Å². The zero-order valence-electron chi connectivity index (χ0n) is 13.4. The Hall–Kier alpha value is -3.09. The molecule has 2 rings (SSSR count). The standard InChI is InChI=1S/C17H18N2O5/c1-12(2)24-15-9-5-3-7-13(15)18-17(20)11-23-16-10-6-4-8-14(16)19(21)22/h3-10,12H,11H2,1-2H3,(H,18,20). The van der Waals surface area contributed by atoms with Crippen LogP contribution >= 0.6 is 0 Å². The Labute approximate surface area is 139 Å². The van der Waals surface area contributed by atoms with Gasteiger partial charge in [0.25, 0.3) is 5.91 Å². The number of anilines is 1. The Kier molecular flexibility index (Phi) is 5.73. The molecule has 0 bridgehead atoms. The fourth-order valence-electron chi connectivity index (χ4n) is 1.99. The van der Waals surface area contributed by atoms with E-state index in [0.29, 0.717) is 11.4 Å². The van der Waals surface area contributed by atoms with Crippen molar-refractivity contribution < 1.29 is 19.2 Å². The van der Waals surface area contributed by atoms with E-state index in [-0.39, 0.29) is 24.1 Å². The van der Waals surface area contributed by atoms with Crippen LogP contribution in [0.3, 0.4) is 0 Å². The van der Waals surface area contributed by atoms with Crippen LogP contribution in [0.2, 0.25) is 0 Å². The van der Waals surface area contributed by atoms with E-state index in [1.54, 1.807) is 30.3 Å². The fraction of sp³-hybridized carbons (Fsp3) is 0.235. The normalized spacial score (nSPS) is 10.3. The maximum Gasteiger partial charge on any atom is 0.310 e. The molecule has 0 aliphatic rings. The van der Waals surface area contributed by atoms with Crippen molar-refractivity contribution in [2.24, 2.45) is 0 Å². The maximum atomic E-state index is 12.0. The van der Waals surface area contributed by atoms with E-state index < -0.39 is 10.8 Å². The summed E-state index contributed by atoms with van der Waals surface area (Å²) < 4.78 is 10.9. The highest BCUT2D eigenvalue weighted by Gasteiger charge is 2.15. The number of nitro benzene ring substituents is 1. The zero-order chi connectivity index (χ0) is 17.5. The van der Waals surface area contributed by atoms with Gasteiger partial charge in [-0.25, -0.2) is 0 Å². The number of nitrogens with one attached hydrogen (secondary N) is 1. The summed E-state index contributed by atoms with van der Waals surface area (Å²) in [7, 11) is 0. The molecular formula is C17H18N2O5. The molecule has 7 heteroatoms. The highest BCUT2D eigenvalue weighted by molar-refractivity contribution is 5.93. The number of para-hydroxylation sites is 4. The van der Waals surface area contributed by atoms with Crippen molar-refractivity contribution in [2.75, 3.05) is 11.9 Å². The highest BCUT2D eigenvalue weighted by atomic mass is 16.6. The molecule has 1 amide bonds. The van der Waals surface area contributed by atoms with Crippen molar-refractivity contribution in [3.8, 4) is 11.5 Å². The first kappa shape index (κ1) is 17.3. The second kappa shape index (κ2) is 7.96. The molecule has 2 aromatic rings. The minimum atomic E-state index is -0.557. The van der Waals surface area contributed by atoms with Crippen LogP contribution in [0.5, 0.6) is 11.5 Å².